The lowest BCUT2D eigenvalue weighted by Gasteiger charge is -2.07. The molecule has 78 valence electrons. The number of rotatable bonds is 3. The Hall–Kier alpha value is -0.930. The fourth-order valence-electron chi connectivity index (χ4n) is 1.22. The van der Waals surface area contributed by atoms with E-state index in [4.69, 9.17) is 16.0 Å². The van der Waals surface area contributed by atoms with Crippen LogP contribution >= 0.6 is 27.5 Å². The predicted octanol–water partition coefficient (Wildman–Crippen LogP) is 4.31. The van der Waals surface area contributed by atoms with Gasteiger partial charge < -0.3 is 9.73 Å². The Balaban J connectivity index is 2.05. The molecule has 2 rings (SSSR count). The topological polar surface area (TPSA) is 25.2 Å². The van der Waals surface area contributed by atoms with Gasteiger partial charge in [-0.1, -0.05) is 11.6 Å². The molecule has 0 aliphatic rings. The summed E-state index contributed by atoms with van der Waals surface area (Å²) >= 11 is 9.28. The summed E-state index contributed by atoms with van der Waals surface area (Å²) in [5, 5.41) is 4.00. The molecule has 0 saturated carbocycles. The van der Waals surface area contributed by atoms with E-state index in [-0.39, 0.29) is 0 Å². The van der Waals surface area contributed by atoms with Crippen LogP contribution in [0.2, 0.25) is 5.02 Å². The smallest absolute Gasteiger partial charge is 0.0952 e. The lowest BCUT2D eigenvalue weighted by molar-refractivity contribution is 0.564. The normalized spacial score (nSPS) is 10.3. The van der Waals surface area contributed by atoms with Gasteiger partial charge in [0, 0.05) is 27.3 Å². The van der Waals surface area contributed by atoms with Gasteiger partial charge in [0.1, 0.15) is 0 Å². The van der Waals surface area contributed by atoms with Gasteiger partial charge in [0.25, 0.3) is 0 Å². The number of benzene rings is 1. The number of furan rings is 1. The summed E-state index contributed by atoms with van der Waals surface area (Å²) in [6, 6.07) is 7.58. The van der Waals surface area contributed by atoms with Gasteiger partial charge in [0.2, 0.25) is 0 Å². The van der Waals surface area contributed by atoms with Crippen LogP contribution in [-0.2, 0) is 6.54 Å². The zero-order chi connectivity index (χ0) is 10.7. The molecule has 2 aromatic rings. The molecule has 0 amide bonds. The van der Waals surface area contributed by atoms with Crippen LogP contribution in [0.1, 0.15) is 5.56 Å². The molecule has 1 aromatic heterocycles. The second kappa shape index (κ2) is 4.73. The van der Waals surface area contributed by atoms with Gasteiger partial charge in [-0.2, -0.15) is 0 Å². The number of nitrogens with one attached hydrogen (secondary N) is 1. The Morgan fingerprint density at radius 3 is 2.87 bits per heavy atom. The second-order valence-corrected chi connectivity index (χ2v) is 4.40. The van der Waals surface area contributed by atoms with Gasteiger partial charge >= 0.3 is 0 Å². The van der Waals surface area contributed by atoms with Crippen molar-refractivity contribution in [3.8, 4) is 0 Å². The fourth-order valence-corrected chi connectivity index (χ4v) is 2.05. The molecule has 0 saturated heterocycles. The maximum atomic E-state index is 5.84. The molecule has 0 radical (unpaired) electrons. The summed E-state index contributed by atoms with van der Waals surface area (Å²) in [5.41, 5.74) is 2.12. The van der Waals surface area contributed by atoms with Crippen molar-refractivity contribution in [3.05, 3.63) is 51.9 Å². The first-order valence-electron chi connectivity index (χ1n) is 4.46. The van der Waals surface area contributed by atoms with Crippen molar-refractivity contribution in [2.24, 2.45) is 0 Å². The number of halogens is 2. The van der Waals surface area contributed by atoms with Gasteiger partial charge in [-0.3, -0.25) is 0 Å². The van der Waals surface area contributed by atoms with Crippen LogP contribution in [-0.4, -0.2) is 0 Å². The molecule has 0 spiro atoms. The first-order chi connectivity index (χ1) is 7.25. The largest absolute Gasteiger partial charge is 0.472 e. The number of hydrogen-bond acceptors (Lipinski definition) is 2. The van der Waals surface area contributed by atoms with E-state index in [1.54, 1.807) is 12.5 Å². The van der Waals surface area contributed by atoms with Crippen LogP contribution in [0.3, 0.4) is 0 Å². The van der Waals surface area contributed by atoms with Crippen molar-refractivity contribution in [1.29, 1.82) is 0 Å². The van der Waals surface area contributed by atoms with E-state index in [0.717, 1.165) is 27.3 Å². The van der Waals surface area contributed by atoms with E-state index in [1.807, 2.05) is 24.3 Å². The lowest BCUT2D eigenvalue weighted by Crippen LogP contribution is -1.98. The van der Waals surface area contributed by atoms with Crippen molar-refractivity contribution < 1.29 is 4.42 Å². The maximum Gasteiger partial charge on any atom is 0.0952 e. The highest BCUT2D eigenvalue weighted by Gasteiger charge is 2.00. The molecule has 0 aliphatic heterocycles. The minimum absolute atomic E-state index is 0.718. The van der Waals surface area contributed by atoms with Crippen LogP contribution < -0.4 is 5.32 Å². The summed E-state index contributed by atoms with van der Waals surface area (Å²) in [5.74, 6) is 0. The standard InChI is InChI=1S/C11H9BrClNO/c12-10-5-9(13)1-2-11(10)14-6-8-3-4-15-7-8/h1-5,7,14H,6H2. The van der Waals surface area contributed by atoms with Crippen LogP contribution in [0, 0.1) is 0 Å². The second-order valence-electron chi connectivity index (χ2n) is 3.11. The van der Waals surface area contributed by atoms with Crippen molar-refractivity contribution in [2.45, 2.75) is 6.54 Å². The number of anilines is 1. The zero-order valence-corrected chi connectivity index (χ0v) is 10.2. The molecular weight excluding hydrogens is 277 g/mol. The Labute approximate surface area is 101 Å². The van der Waals surface area contributed by atoms with Gasteiger partial charge in [-0.25, -0.2) is 0 Å². The number of hydrogen-bond donors (Lipinski definition) is 1. The molecule has 0 unspecified atom stereocenters. The Kier molecular flexibility index (Phi) is 3.34. The third-order valence-electron chi connectivity index (χ3n) is 1.99. The van der Waals surface area contributed by atoms with Crippen LogP contribution in [0.25, 0.3) is 0 Å². The quantitative estimate of drug-likeness (QED) is 0.909. The van der Waals surface area contributed by atoms with E-state index in [2.05, 4.69) is 21.2 Å². The van der Waals surface area contributed by atoms with E-state index < -0.39 is 0 Å². The van der Waals surface area contributed by atoms with Crippen LogP contribution in [0.5, 0.6) is 0 Å². The average Bonchev–Trinajstić information content (AvgIpc) is 2.69. The molecule has 15 heavy (non-hydrogen) atoms. The minimum atomic E-state index is 0.718. The molecule has 1 N–H and O–H groups in total. The molecule has 1 heterocycles. The molecule has 4 heteroatoms. The first kappa shape index (κ1) is 10.6. The van der Waals surface area contributed by atoms with Crippen LogP contribution in [0.4, 0.5) is 5.69 Å². The van der Waals surface area contributed by atoms with E-state index in [9.17, 15) is 0 Å². The molecule has 1 aromatic carbocycles. The fraction of sp³-hybridized carbons (Fsp3) is 0.0909. The Morgan fingerprint density at radius 1 is 1.33 bits per heavy atom. The SMILES string of the molecule is Clc1ccc(NCc2ccoc2)c(Br)c1. The monoisotopic (exact) mass is 285 g/mol. The van der Waals surface area contributed by atoms with Gasteiger partial charge in [0.15, 0.2) is 0 Å². The highest BCUT2D eigenvalue weighted by Crippen LogP contribution is 2.26. The molecule has 2 nitrogen and oxygen atoms in total. The Morgan fingerprint density at radius 2 is 2.20 bits per heavy atom. The Bertz CT molecular complexity index is 442. The summed E-state index contributed by atoms with van der Waals surface area (Å²) in [6.45, 7) is 0.733. The predicted molar refractivity (Wildman–Crippen MR) is 65.2 cm³/mol. The van der Waals surface area contributed by atoms with E-state index >= 15 is 0 Å². The van der Waals surface area contributed by atoms with E-state index in [0.29, 0.717) is 0 Å². The lowest BCUT2D eigenvalue weighted by atomic mass is 10.3. The first-order valence-corrected chi connectivity index (χ1v) is 5.63. The molecule has 0 bridgehead atoms. The van der Waals surface area contributed by atoms with Gasteiger partial charge in [-0.15, -0.1) is 0 Å². The third-order valence-corrected chi connectivity index (χ3v) is 2.89. The molecule has 0 fully saturated rings. The molecule has 0 aliphatic carbocycles. The zero-order valence-electron chi connectivity index (χ0n) is 7.84. The van der Waals surface area contributed by atoms with Crippen LogP contribution in [0.15, 0.2) is 45.7 Å². The summed E-state index contributed by atoms with van der Waals surface area (Å²) in [7, 11) is 0. The average molecular weight is 287 g/mol. The summed E-state index contributed by atoms with van der Waals surface area (Å²) < 4.78 is 5.94. The van der Waals surface area contributed by atoms with E-state index in [1.165, 1.54) is 0 Å². The third kappa shape index (κ3) is 2.76. The maximum absolute atomic E-state index is 5.84. The van der Waals surface area contributed by atoms with Crippen molar-refractivity contribution in [3.63, 3.8) is 0 Å². The summed E-state index contributed by atoms with van der Waals surface area (Å²) in [6.07, 6.45) is 3.38. The molecule has 0 atom stereocenters. The minimum Gasteiger partial charge on any atom is -0.472 e. The van der Waals surface area contributed by atoms with Crippen molar-refractivity contribution in [1.82, 2.24) is 0 Å². The summed E-state index contributed by atoms with van der Waals surface area (Å²) in [4.78, 5) is 0. The highest BCUT2D eigenvalue weighted by atomic mass is 79.9. The van der Waals surface area contributed by atoms with Gasteiger partial charge in [0.05, 0.1) is 12.5 Å². The molecular formula is C11H9BrClNO. The van der Waals surface area contributed by atoms with Gasteiger partial charge in [-0.05, 0) is 40.2 Å². The van der Waals surface area contributed by atoms with Crippen molar-refractivity contribution >= 4 is 33.2 Å². The van der Waals surface area contributed by atoms with Crippen molar-refractivity contribution in [2.75, 3.05) is 5.32 Å². The highest BCUT2D eigenvalue weighted by molar-refractivity contribution is 9.10.